The van der Waals surface area contributed by atoms with Gasteiger partial charge in [0.2, 0.25) is 9.84 Å². The molecular weight excluding hydrogens is 312 g/mol. The number of carbonyl (C=O) groups excluding carboxylic acids is 1. The third-order valence-corrected chi connectivity index (χ3v) is 4.94. The van der Waals surface area contributed by atoms with E-state index in [0.29, 0.717) is 16.8 Å². The summed E-state index contributed by atoms with van der Waals surface area (Å²) in [5.41, 5.74) is 2.19. The van der Waals surface area contributed by atoms with E-state index in [0.717, 1.165) is 11.0 Å². The van der Waals surface area contributed by atoms with Crippen LogP contribution in [0.4, 0.5) is 5.69 Å². The number of hydrogen-bond donors (Lipinski definition) is 1. The van der Waals surface area contributed by atoms with E-state index in [1.807, 2.05) is 6.07 Å². The predicted octanol–water partition coefficient (Wildman–Crippen LogP) is 2.76. The number of sulfone groups is 1. The summed E-state index contributed by atoms with van der Waals surface area (Å²) in [6, 6.07) is 13.5. The fraction of sp³-hybridized carbons (Fsp3) is 0.0588. The number of hydrogen-bond acceptors (Lipinski definition) is 4. The van der Waals surface area contributed by atoms with Gasteiger partial charge >= 0.3 is 0 Å². The van der Waals surface area contributed by atoms with Gasteiger partial charge in [-0.2, -0.15) is 5.26 Å². The molecule has 0 fully saturated rings. The molecule has 1 aliphatic rings. The van der Waals surface area contributed by atoms with Crippen molar-refractivity contribution in [1.29, 1.82) is 5.26 Å². The maximum absolute atomic E-state index is 12.3. The molecule has 0 spiro atoms. The second kappa shape index (κ2) is 5.71. The molecule has 1 heterocycles. The number of nitriles is 1. The molecule has 6 heteroatoms. The molecule has 0 aliphatic carbocycles. The maximum atomic E-state index is 12.3. The lowest BCUT2D eigenvalue weighted by Gasteiger charge is -2.08. The number of carbonyl (C=O) groups is 1. The monoisotopic (exact) mass is 324 g/mol. The summed E-state index contributed by atoms with van der Waals surface area (Å²) in [4.78, 5) is 12.5. The summed E-state index contributed by atoms with van der Waals surface area (Å²) in [7, 11) is -3.41. The van der Waals surface area contributed by atoms with E-state index in [9.17, 15) is 13.2 Å². The van der Waals surface area contributed by atoms with Gasteiger partial charge in [0.15, 0.2) is 0 Å². The zero-order valence-corrected chi connectivity index (χ0v) is 12.8. The van der Waals surface area contributed by atoms with Crippen LogP contribution in [0.5, 0.6) is 0 Å². The lowest BCUT2D eigenvalue weighted by atomic mass is 10.1. The van der Waals surface area contributed by atoms with Gasteiger partial charge in [-0.1, -0.05) is 18.2 Å². The summed E-state index contributed by atoms with van der Waals surface area (Å²) in [6.07, 6.45) is 1.76. The molecule has 0 bridgehead atoms. The van der Waals surface area contributed by atoms with Gasteiger partial charge in [-0.3, -0.25) is 4.79 Å². The number of fused-ring (bicyclic) bond motifs is 1. The van der Waals surface area contributed by atoms with E-state index in [1.54, 1.807) is 36.4 Å². The van der Waals surface area contributed by atoms with Crippen LogP contribution in [-0.2, 0) is 16.3 Å². The first-order chi connectivity index (χ1) is 11.0. The second-order valence-electron chi connectivity index (χ2n) is 5.09. The van der Waals surface area contributed by atoms with Crippen LogP contribution in [0.3, 0.4) is 0 Å². The molecule has 114 valence electrons. The first-order valence-corrected chi connectivity index (χ1v) is 8.39. The maximum Gasteiger partial charge on any atom is 0.255 e. The van der Waals surface area contributed by atoms with Gasteiger partial charge in [-0.15, -0.1) is 0 Å². The number of nitrogens with one attached hydrogen (secondary N) is 1. The molecule has 0 radical (unpaired) electrons. The zero-order valence-electron chi connectivity index (χ0n) is 12.0. The van der Waals surface area contributed by atoms with Crippen molar-refractivity contribution in [2.24, 2.45) is 0 Å². The Kier molecular flexibility index (Phi) is 3.72. The summed E-state index contributed by atoms with van der Waals surface area (Å²) in [5, 5.41) is 12.5. The van der Waals surface area contributed by atoms with E-state index in [2.05, 4.69) is 5.32 Å². The van der Waals surface area contributed by atoms with Crippen LogP contribution < -0.4 is 5.32 Å². The molecule has 2 aromatic carbocycles. The molecule has 0 saturated heterocycles. The third-order valence-electron chi connectivity index (χ3n) is 3.48. The van der Waals surface area contributed by atoms with Gasteiger partial charge < -0.3 is 5.32 Å². The molecule has 1 amide bonds. The highest BCUT2D eigenvalue weighted by molar-refractivity contribution is 7.94. The minimum Gasteiger partial charge on any atom is -0.322 e. The summed E-state index contributed by atoms with van der Waals surface area (Å²) in [5.74, 6) is -0.354. The Hall–Kier alpha value is -2.91. The third kappa shape index (κ3) is 3.00. The lowest BCUT2D eigenvalue weighted by molar-refractivity contribution is 0.102. The Balaban J connectivity index is 1.85. The largest absolute Gasteiger partial charge is 0.322 e. The first kappa shape index (κ1) is 15.0. The highest BCUT2D eigenvalue weighted by Crippen LogP contribution is 2.29. The van der Waals surface area contributed by atoms with Crippen molar-refractivity contribution in [2.75, 3.05) is 5.32 Å². The van der Waals surface area contributed by atoms with E-state index in [4.69, 9.17) is 5.26 Å². The second-order valence-corrected chi connectivity index (χ2v) is 6.89. The van der Waals surface area contributed by atoms with Crippen molar-refractivity contribution in [3.8, 4) is 6.07 Å². The Bertz CT molecular complexity index is 970. The Morgan fingerprint density at radius 3 is 2.78 bits per heavy atom. The summed E-state index contributed by atoms with van der Waals surface area (Å²) < 4.78 is 23.7. The molecule has 1 N–H and O–H groups in total. The highest BCUT2D eigenvalue weighted by atomic mass is 32.2. The molecule has 3 rings (SSSR count). The van der Waals surface area contributed by atoms with Crippen LogP contribution in [-0.4, -0.2) is 14.3 Å². The molecule has 0 unspecified atom stereocenters. The van der Waals surface area contributed by atoms with E-state index in [1.165, 1.54) is 12.1 Å². The van der Waals surface area contributed by atoms with E-state index < -0.39 is 9.84 Å². The standard InChI is InChI=1S/C17H12N2O3S/c18-8-6-12-2-1-3-14(10-12)17(20)19-15-5-4-13-7-9-23(21,22)16(13)11-15/h1-5,7,9-11H,6H2,(H,19,20). The average molecular weight is 324 g/mol. The SMILES string of the molecule is N#CCc1cccc(C(=O)Nc2ccc3c(c2)S(=O)(=O)C=C3)c1. The van der Waals surface area contributed by atoms with Crippen LogP contribution >= 0.6 is 0 Å². The molecule has 5 nitrogen and oxygen atoms in total. The minimum absolute atomic E-state index is 0.188. The fourth-order valence-electron chi connectivity index (χ4n) is 2.35. The Morgan fingerprint density at radius 2 is 2.00 bits per heavy atom. The summed E-state index contributed by atoms with van der Waals surface area (Å²) in [6.45, 7) is 0. The zero-order chi connectivity index (χ0) is 16.4. The molecule has 0 aromatic heterocycles. The topological polar surface area (TPSA) is 87.0 Å². The van der Waals surface area contributed by atoms with Gasteiger partial charge in [0.1, 0.15) is 0 Å². The van der Waals surface area contributed by atoms with Crippen molar-refractivity contribution >= 4 is 27.5 Å². The molecule has 23 heavy (non-hydrogen) atoms. The quantitative estimate of drug-likeness (QED) is 0.940. The van der Waals surface area contributed by atoms with Crippen molar-refractivity contribution in [3.63, 3.8) is 0 Å². The summed E-state index contributed by atoms with van der Waals surface area (Å²) >= 11 is 0. The molecule has 0 atom stereocenters. The highest BCUT2D eigenvalue weighted by Gasteiger charge is 2.21. The van der Waals surface area contributed by atoms with Gasteiger partial charge in [0, 0.05) is 16.7 Å². The Labute approximate surface area is 133 Å². The number of anilines is 1. The molecular formula is C17H12N2O3S. The van der Waals surface area contributed by atoms with Crippen LogP contribution in [0.15, 0.2) is 52.8 Å². The van der Waals surface area contributed by atoms with Crippen molar-refractivity contribution < 1.29 is 13.2 Å². The van der Waals surface area contributed by atoms with Gasteiger partial charge in [0.25, 0.3) is 5.91 Å². The number of nitrogens with zero attached hydrogens (tertiary/aromatic N) is 1. The van der Waals surface area contributed by atoms with E-state index >= 15 is 0 Å². The molecule has 2 aromatic rings. The van der Waals surface area contributed by atoms with Gasteiger partial charge in [-0.25, -0.2) is 8.42 Å². The number of amides is 1. The van der Waals surface area contributed by atoms with Gasteiger partial charge in [0.05, 0.1) is 17.4 Å². The predicted molar refractivity (Wildman–Crippen MR) is 86.4 cm³/mol. The fourth-order valence-corrected chi connectivity index (χ4v) is 3.58. The smallest absolute Gasteiger partial charge is 0.255 e. The number of rotatable bonds is 3. The van der Waals surface area contributed by atoms with Crippen molar-refractivity contribution in [1.82, 2.24) is 0 Å². The molecule has 0 saturated carbocycles. The van der Waals surface area contributed by atoms with Crippen LogP contribution in [0.2, 0.25) is 0 Å². The first-order valence-electron chi connectivity index (χ1n) is 6.84. The van der Waals surface area contributed by atoms with Crippen molar-refractivity contribution in [3.05, 3.63) is 64.6 Å². The van der Waals surface area contributed by atoms with Crippen LogP contribution in [0.1, 0.15) is 21.5 Å². The normalized spacial score (nSPS) is 14.0. The Morgan fingerprint density at radius 1 is 1.17 bits per heavy atom. The average Bonchev–Trinajstić information content (AvgIpc) is 2.83. The van der Waals surface area contributed by atoms with Crippen molar-refractivity contribution in [2.45, 2.75) is 11.3 Å². The van der Waals surface area contributed by atoms with Crippen LogP contribution in [0.25, 0.3) is 6.08 Å². The van der Waals surface area contributed by atoms with Crippen LogP contribution in [0, 0.1) is 11.3 Å². The number of benzene rings is 2. The van der Waals surface area contributed by atoms with E-state index in [-0.39, 0.29) is 17.2 Å². The van der Waals surface area contributed by atoms with Gasteiger partial charge in [-0.05, 0) is 41.5 Å². The molecule has 1 aliphatic heterocycles. The lowest BCUT2D eigenvalue weighted by Crippen LogP contribution is -2.12. The minimum atomic E-state index is -3.41.